The van der Waals surface area contributed by atoms with Gasteiger partial charge in [0.1, 0.15) is 0 Å². The van der Waals surface area contributed by atoms with Crippen molar-refractivity contribution >= 4 is 21.6 Å². The van der Waals surface area contributed by atoms with E-state index < -0.39 is 0 Å². The summed E-state index contributed by atoms with van der Waals surface area (Å²) in [5.41, 5.74) is 7.68. The minimum atomic E-state index is 0.154. The van der Waals surface area contributed by atoms with Gasteiger partial charge in [0.2, 0.25) is 0 Å². The molecule has 0 radical (unpaired) electrons. The molecule has 4 saturated carbocycles. The maximum Gasteiger partial charge on any atom is 0.0552 e. The van der Waals surface area contributed by atoms with Crippen LogP contribution in [0.15, 0.2) is 28.7 Å². The Morgan fingerprint density at radius 1 is 1.00 bits per heavy atom. The molecule has 5 rings (SSSR count). The van der Waals surface area contributed by atoms with E-state index in [0.29, 0.717) is 0 Å². The predicted molar refractivity (Wildman–Crippen MR) is 86.6 cm³/mol. The molecule has 4 aliphatic rings. The van der Waals surface area contributed by atoms with Gasteiger partial charge in [-0.3, -0.25) is 0 Å². The lowest BCUT2D eigenvalue weighted by Gasteiger charge is -2.61. The van der Waals surface area contributed by atoms with Gasteiger partial charge in [0.05, 0.1) is 5.54 Å². The van der Waals surface area contributed by atoms with Crippen molar-refractivity contribution in [3.63, 3.8) is 0 Å². The van der Waals surface area contributed by atoms with Crippen molar-refractivity contribution in [2.75, 3.05) is 11.9 Å². The zero-order chi connectivity index (χ0) is 13.7. The summed E-state index contributed by atoms with van der Waals surface area (Å²) >= 11 is 3.51. The highest BCUT2D eigenvalue weighted by Crippen LogP contribution is 2.58. The summed E-state index contributed by atoms with van der Waals surface area (Å²) in [4.78, 5) is 0. The zero-order valence-corrected chi connectivity index (χ0v) is 13.4. The molecule has 0 atom stereocenters. The van der Waals surface area contributed by atoms with Crippen LogP contribution in [0.2, 0.25) is 0 Å². The van der Waals surface area contributed by atoms with Crippen LogP contribution in [0.1, 0.15) is 32.1 Å². The molecule has 1 aromatic rings. The fourth-order valence-corrected chi connectivity index (χ4v) is 5.68. The molecule has 4 fully saturated rings. The van der Waals surface area contributed by atoms with Crippen LogP contribution in [0.3, 0.4) is 0 Å². The summed E-state index contributed by atoms with van der Waals surface area (Å²) in [7, 11) is 0. The van der Waals surface area contributed by atoms with Gasteiger partial charge in [-0.25, -0.2) is 0 Å². The number of benzene rings is 1. The average Bonchev–Trinajstić information content (AvgIpc) is 2.44. The smallest absolute Gasteiger partial charge is 0.0552 e. The highest BCUT2D eigenvalue weighted by Gasteiger charge is 2.56. The highest BCUT2D eigenvalue weighted by atomic mass is 79.9. The molecule has 0 saturated heterocycles. The van der Waals surface area contributed by atoms with Crippen LogP contribution in [-0.4, -0.2) is 12.1 Å². The molecule has 1 aromatic carbocycles. The molecule has 0 amide bonds. The normalized spacial score (nSPS) is 41.9. The number of anilines is 1. The van der Waals surface area contributed by atoms with Crippen LogP contribution in [0.25, 0.3) is 0 Å². The summed E-state index contributed by atoms with van der Waals surface area (Å²) in [6.07, 6.45) is 7.08. The van der Waals surface area contributed by atoms with Crippen molar-refractivity contribution in [3.05, 3.63) is 28.7 Å². The van der Waals surface area contributed by atoms with Crippen LogP contribution < -0.4 is 11.1 Å². The first-order valence-electron chi connectivity index (χ1n) is 7.93. The molecular formula is C17H23BrN2. The number of hydrogen-bond donors (Lipinski definition) is 2. The van der Waals surface area contributed by atoms with E-state index in [0.717, 1.165) is 34.7 Å². The monoisotopic (exact) mass is 334 g/mol. The van der Waals surface area contributed by atoms with Gasteiger partial charge < -0.3 is 11.1 Å². The minimum absolute atomic E-state index is 0.154. The van der Waals surface area contributed by atoms with Crippen molar-refractivity contribution in [2.45, 2.75) is 37.6 Å². The Morgan fingerprint density at radius 3 is 2.05 bits per heavy atom. The van der Waals surface area contributed by atoms with E-state index in [1.54, 1.807) is 0 Å². The van der Waals surface area contributed by atoms with Crippen molar-refractivity contribution in [3.8, 4) is 0 Å². The lowest BCUT2D eigenvalue weighted by molar-refractivity contribution is -0.0405. The molecular weight excluding hydrogens is 312 g/mol. The second-order valence-electron chi connectivity index (χ2n) is 7.18. The third-order valence-electron chi connectivity index (χ3n) is 6.15. The first kappa shape index (κ1) is 13.1. The molecule has 4 aliphatic carbocycles. The van der Waals surface area contributed by atoms with Gasteiger partial charge in [-0.1, -0.05) is 15.9 Å². The van der Waals surface area contributed by atoms with Gasteiger partial charge in [-0.2, -0.15) is 0 Å². The Hall–Kier alpha value is -0.540. The van der Waals surface area contributed by atoms with E-state index in [2.05, 4.69) is 45.5 Å². The van der Waals surface area contributed by atoms with Crippen molar-refractivity contribution in [1.82, 2.24) is 0 Å². The number of rotatable bonds is 3. The van der Waals surface area contributed by atoms with Gasteiger partial charge in [-0.15, -0.1) is 0 Å². The van der Waals surface area contributed by atoms with E-state index in [-0.39, 0.29) is 5.54 Å². The lowest BCUT2D eigenvalue weighted by Crippen LogP contribution is -2.65. The summed E-state index contributed by atoms with van der Waals surface area (Å²) in [6.45, 7) is 0.776. The van der Waals surface area contributed by atoms with Crippen molar-refractivity contribution in [2.24, 2.45) is 29.4 Å². The quantitative estimate of drug-likeness (QED) is 0.876. The topological polar surface area (TPSA) is 38.0 Å². The third-order valence-corrected chi connectivity index (χ3v) is 6.68. The highest BCUT2D eigenvalue weighted by molar-refractivity contribution is 9.10. The third kappa shape index (κ3) is 1.93. The molecule has 3 N–H and O–H groups in total. The molecule has 4 bridgehead atoms. The fraction of sp³-hybridized carbons (Fsp3) is 0.647. The summed E-state index contributed by atoms with van der Waals surface area (Å²) in [5.74, 6) is 3.55. The molecule has 0 unspecified atom stereocenters. The van der Waals surface area contributed by atoms with E-state index in [1.165, 1.54) is 37.8 Å². The van der Waals surface area contributed by atoms with Crippen LogP contribution in [0, 0.1) is 23.7 Å². The summed E-state index contributed by atoms with van der Waals surface area (Å²) in [5, 5.41) is 3.87. The molecule has 3 heteroatoms. The van der Waals surface area contributed by atoms with Crippen LogP contribution in [-0.2, 0) is 0 Å². The SMILES string of the molecule is NCC1(Nc2ccc(Br)cc2)C2CC3CC(C2)CC1C3. The molecule has 0 aromatic heterocycles. The van der Waals surface area contributed by atoms with E-state index >= 15 is 0 Å². The van der Waals surface area contributed by atoms with Crippen LogP contribution in [0.4, 0.5) is 5.69 Å². The molecule has 0 aliphatic heterocycles. The lowest BCUT2D eigenvalue weighted by atomic mass is 9.48. The maximum absolute atomic E-state index is 6.29. The number of halogens is 1. The van der Waals surface area contributed by atoms with Crippen LogP contribution >= 0.6 is 15.9 Å². The fourth-order valence-electron chi connectivity index (χ4n) is 5.42. The maximum atomic E-state index is 6.29. The molecule has 108 valence electrons. The Kier molecular flexibility index (Phi) is 3.11. The van der Waals surface area contributed by atoms with Gasteiger partial charge in [0.15, 0.2) is 0 Å². The average molecular weight is 335 g/mol. The Balaban J connectivity index is 1.64. The van der Waals surface area contributed by atoms with E-state index in [9.17, 15) is 0 Å². The Morgan fingerprint density at radius 2 is 1.55 bits per heavy atom. The van der Waals surface area contributed by atoms with E-state index in [4.69, 9.17) is 5.73 Å². The molecule has 2 nitrogen and oxygen atoms in total. The number of hydrogen-bond acceptors (Lipinski definition) is 2. The number of nitrogens with one attached hydrogen (secondary N) is 1. The first-order chi connectivity index (χ1) is 9.69. The zero-order valence-electron chi connectivity index (χ0n) is 11.8. The van der Waals surface area contributed by atoms with Crippen LogP contribution in [0.5, 0.6) is 0 Å². The molecule has 20 heavy (non-hydrogen) atoms. The molecule has 0 spiro atoms. The first-order valence-corrected chi connectivity index (χ1v) is 8.72. The van der Waals surface area contributed by atoms with Gasteiger partial charge in [0, 0.05) is 16.7 Å². The molecule has 0 heterocycles. The number of nitrogens with two attached hydrogens (primary N) is 1. The Bertz CT molecular complexity index is 468. The van der Waals surface area contributed by atoms with Crippen molar-refractivity contribution in [1.29, 1.82) is 0 Å². The Labute approximate surface area is 129 Å². The van der Waals surface area contributed by atoms with E-state index in [1.807, 2.05) is 0 Å². The summed E-state index contributed by atoms with van der Waals surface area (Å²) in [6, 6.07) is 8.57. The van der Waals surface area contributed by atoms with Crippen molar-refractivity contribution < 1.29 is 0 Å². The second kappa shape index (κ2) is 4.74. The minimum Gasteiger partial charge on any atom is -0.378 e. The standard InChI is InChI=1S/C17H23BrN2/c18-15-1-3-16(4-2-15)20-17(10-19)13-6-11-5-12(8-13)9-14(17)7-11/h1-4,11-14,20H,5-10,19H2. The van der Waals surface area contributed by atoms with Gasteiger partial charge in [-0.05, 0) is 80.0 Å². The largest absolute Gasteiger partial charge is 0.378 e. The summed E-state index contributed by atoms with van der Waals surface area (Å²) < 4.78 is 1.13. The second-order valence-corrected chi connectivity index (χ2v) is 8.10. The van der Waals surface area contributed by atoms with Gasteiger partial charge in [0.25, 0.3) is 0 Å². The van der Waals surface area contributed by atoms with Gasteiger partial charge >= 0.3 is 0 Å². The predicted octanol–water partition coefficient (Wildman–Crippen LogP) is 4.01.